The molecule has 3 heterocycles. The fourth-order valence-corrected chi connectivity index (χ4v) is 4.51. The van der Waals surface area contributed by atoms with Crippen LogP contribution in [0.5, 0.6) is 0 Å². The molecule has 0 radical (unpaired) electrons. The maximum atomic E-state index is 13.0. The molecule has 2 aromatic rings. The maximum Gasteiger partial charge on any atom is 0.340 e. The SMILES string of the molecule is Cc1c(NC(=O)C(C)OC(=O)C2=CN3CCS(=O)(=O)N=C3C=C2)c(=O)n(-c2ccccc2)n1C. The minimum atomic E-state index is -3.51. The van der Waals surface area contributed by atoms with E-state index in [1.54, 1.807) is 42.9 Å². The van der Waals surface area contributed by atoms with Crippen molar-refractivity contribution >= 4 is 33.4 Å². The van der Waals surface area contributed by atoms with Crippen molar-refractivity contribution in [1.82, 2.24) is 14.3 Å². The van der Waals surface area contributed by atoms with Gasteiger partial charge in [0, 0.05) is 19.8 Å². The van der Waals surface area contributed by atoms with Gasteiger partial charge in [-0.2, -0.15) is 0 Å². The van der Waals surface area contributed by atoms with Gasteiger partial charge < -0.3 is 15.0 Å². The fourth-order valence-electron chi connectivity index (χ4n) is 3.54. The van der Waals surface area contributed by atoms with Gasteiger partial charge >= 0.3 is 5.97 Å². The van der Waals surface area contributed by atoms with Crippen molar-refractivity contribution < 1.29 is 22.7 Å². The Bertz CT molecular complexity index is 1420. The van der Waals surface area contributed by atoms with E-state index in [9.17, 15) is 22.8 Å². The monoisotopic (exact) mass is 485 g/mol. The predicted octanol–water partition coefficient (Wildman–Crippen LogP) is 0.852. The Hall–Kier alpha value is -3.93. The highest BCUT2D eigenvalue weighted by molar-refractivity contribution is 7.90. The molecule has 4 rings (SSSR count). The number of aromatic nitrogens is 2. The summed E-state index contributed by atoms with van der Waals surface area (Å²) in [7, 11) is -1.81. The Morgan fingerprint density at radius 3 is 2.59 bits per heavy atom. The van der Waals surface area contributed by atoms with Gasteiger partial charge in [-0.05, 0) is 38.1 Å². The average molecular weight is 486 g/mol. The van der Waals surface area contributed by atoms with Crippen LogP contribution in [-0.2, 0) is 31.4 Å². The predicted molar refractivity (Wildman–Crippen MR) is 125 cm³/mol. The van der Waals surface area contributed by atoms with Crippen molar-refractivity contribution in [2.45, 2.75) is 20.0 Å². The van der Waals surface area contributed by atoms with Gasteiger partial charge in [-0.15, -0.1) is 4.40 Å². The molecule has 0 saturated heterocycles. The van der Waals surface area contributed by atoms with Gasteiger partial charge in [-0.25, -0.2) is 17.9 Å². The lowest BCUT2D eigenvalue weighted by molar-refractivity contribution is -0.149. The molecule has 12 heteroatoms. The average Bonchev–Trinajstić information content (AvgIpc) is 3.01. The quantitative estimate of drug-likeness (QED) is 0.621. The van der Waals surface area contributed by atoms with E-state index in [0.29, 0.717) is 11.4 Å². The molecular formula is C22H23N5O6S. The molecule has 0 saturated carbocycles. The van der Waals surface area contributed by atoms with Crippen LogP contribution in [0.2, 0.25) is 0 Å². The molecule has 0 aliphatic carbocycles. The zero-order valence-corrected chi connectivity index (χ0v) is 19.6. The van der Waals surface area contributed by atoms with Crippen molar-refractivity contribution in [2.24, 2.45) is 11.4 Å². The summed E-state index contributed by atoms with van der Waals surface area (Å²) in [6.45, 7) is 3.25. The number of benzene rings is 1. The van der Waals surface area contributed by atoms with E-state index in [-0.39, 0.29) is 29.4 Å². The molecule has 1 unspecified atom stereocenters. The number of esters is 1. The minimum Gasteiger partial charge on any atom is -0.449 e. The van der Waals surface area contributed by atoms with E-state index < -0.39 is 33.6 Å². The summed E-state index contributed by atoms with van der Waals surface area (Å²) in [6.07, 6.45) is 3.02. The number of ether oxygens (including phenoxy) is 1. The Morgan fingerprint density at radius 2 is 1.88 bits per heavy atom. The number of nitrogens with one attached hydrogen (secondary N) is 1. The molecule has 0 fully saturated rings. The van der Waals surface area contributed by atoms with Crippen molar-refractivity contribution in [1.29, 1.82) is 0 Å². The number of para-hydroxylation sites is 1. The van der Waals surface area contributed by atoms with E-state index in [1.165, 1.54) is 34.9 Å². The van der Waals surface area contributed by atoms with Gasteiger partial charge in [0.25, 0.3) is 21.5 Å². The first-order valence-corrected chi connectivity index (χ1v) is 12.0. The highest BCUT2D eigenvalue weighted by atomic mass is 32.2. The van der Waals surface area contributed by atoms with Gasteiger partial charge in [0.05, 0.1) is 22.7 Å². The summed E-state index contributed by atoms with van der Waals surface area (Å²) in [5.41, 5.74) is 0.988. The van der Waals surface area contributed by atoms with Crippen LogP contribution in [0.1, 0.15) is 12.6 Å². The molecule has 1 atom stereocenters. The second kappa shape index (κ2) is 8.78. The number of hydrogen-bond donors (Lipinski definition) is 1. The first-order chi connectivity index (χ1) is 16.1. The number of amidine groups is 1. The molecule has 0 bridgehead atoms. The minimum absolute atomic E-state index is 0.0893. The second-order valence-electron chi connectivity index (χ2n) is 7.82. The van der Waals surface area contributed by atoms with Gasteiger partial charge in [0.2, 0.25) is 0 Å². The highest BCUT2D eigenvalue weighted by Gasteiger charge is 2.28. The zero-order chi connectivity index (χ0) is 24.6. The van der Waals surface area contributed by atoms with Gasteiger partial charge in [0.1, 0.15) is 11.5 Å². The van der Waals surface area contributed by atoms with Crippen molar-refractivity contribution in [3.63, 3.8) is 0 Å². The highest BCUT2D eigenvalue weighted by Crippen LogP contribution is 2.18. The molecule has 1 aromatic heterocycles. The van der Waals surface area contributed by atoms with E-state index in [2.05, 4.69) is 9.71 Å². The Labute approximate surface area is 195 Å². The van der Waals surface area contributed by atoms with Crippen LogP contribution in [0.3, 0.4) is 0 Å². The number of fused-ring (bicyclic) bond motifs is 1. The molecule has 178 valence electrons. The maximum absolute atomic E-state index is 13.0. The Kier molecular flexibility index (Phi) is 6.00. The summed E-state index contributed by atoms with van der Waals surface area (Å²) in [6, 6.07) is 8.98. The van der Waals surface area contributed by atoms with E-state index in [0.717, 1.165) is 0 Å². The lowest BCUT2D eigenvalue weighted by Gasteiger charge is -2.27. The number of anilines is 1. The fraction of sp³-hybridized carbons (Fsp3) is 0.273. The standard InChI is InChI=1S/C22H23N5O6S/c1-14-19(21(29)27(25(14)3)17-7-5-4-6-8-17)23-20(28)15(2)33-22(30)16-9-10-18-24-34(31,32)12-11-26(18)13-16/h4-10,13,15H,11-12H2,1-3H3,(H,23,28). The Morgan fingerprint density at radius 1 is 1.18 bits per heavy atom. The van der Waals surface area contributed by atoms with E-state index in [1.807, 2.05) is 6.07 Å². The zero-order valence-electron chi connectivity index (χ0n) is 18.8. The van der Waals surface area contributed by atoms with Gasteiger partial charge in [-0.1, -0.05) is 18.2 Å². The molecule has 2 aliphatic heterocycles. The topological polar surface area (TPSA) is 132 Å². The molecule has 0 spiro atoms. The van der Waals surface area contributed by atoms with Crippen LogP contribution >= 0.6 is 0 Å². The Balaban J connectivity index is 1.47. The van der Waals surface area contributed by atoms with Gasteiger partial charge in [-0.3, -0.25) is 14.3 Å². The molecule has 1 amide bonds. The summed E-state index contributed by atoms with van der Waals surface area (Å²) in [4.78, 5) is 39.8. The van der Waals surface area contributed by atoms with Crippen LogP contribution in [0.15, 0.2) is 63.4 Å². The summed E-state index contributed by atoms with van der Waals surface area (Å²) in [5.74, 6) is -1.38. The first kappa shape index (κ1) is 23.2. The van der Waals surface area contributed by atoms with Crippen LogP contribution in [0, 0.1) is 6.92 Å². The third kappa shape index (κ3) is 4.44. The number of rotatable bonds is 5. The number of carbonyl (C=O) groups is 2. The van der Waals surface area contributed by atoms with Crippen LogP contribution in [0.25, 0.3) is 5.69 Å². The first-order valence-electron chi connectivity index (χ1n) is 10.4. The number of nitrogens with zero attached hydrogens (tertiary/aromatic N) is 4. The van der Waals surface area contributed by atoms with Crippen molar-refractivity contribution in [3.8, 4) is 5.69 Å². The summed E-state index contributed by atoms with van der Waals surface area (Å²) in [5, 5.41) is 2.57. The smallest absolute Gasteiger partial charge is 0.340 e. The normalized spacial score (nSPS) is 17.3. The molecular weight excluding hydrogens is 462 g/mol. The molecule has 11 nitrogen and oxygen atoms in total. The largest absolute Gasteiger partial charge is 0.449 e. The van der Waals surface area contributed by atoms with E-state index >= 15 is 0 Å². The third-order valence-electron chi connectivity index (χ3n) is 5.52. The number of carbonyl (C=O) groups excluding carboxylic acids is 2. The van der Waals surface area contributed by atoms with Crippen LogP contribution < -0.4 is 10.9 Å². The number of sulfonamides is 1. The molecule has 34 heavy (non-hydrogen) atoms. The van der Waals surface area contributed by atoms with Crippen molar-refractivity contribution in [3.05, 3.63) is 70.3 Å². The van der Waals surface area contributed by atoms with Gasteiger partial charge in [0.15, 0.2) is 6.10 Å². The number of amides is 1. The van der Waals surface area contributed by atoms with E-state index in [4.69, 9.17) is 4.74 Å². The van der Waals surface area contributed by atoms with Crippen LogP contribution in [0.4, 0.5) is 5.69 Å². The van der Waals surface area contributed by atoms with Crippen molar-refractivity contribution in [2.75, 3.05) is 17.6 Å². The lowest BCUT2D eigenvalue weighted by Crippen LogP contribution is -2.37. The number of hydrogen-bond acceptors (Lipinski definition) is 7. The molecule has 1 aromatic carbocycles. The summed E-state index contributed by atoms with van der Waals surface area (Å²) >= 11 is 0. The van der Waals surface area contributed by atoms with Crippen LogP contribution in [-0.4, -0.2) is 58.8 Å². The molecule has 2 aliphatic rings. The molecule has 1 N–H and O–H groups in total. The lowest BCUT2D eigenvalue weighted by atomic mass is 10.2. The second-order valence-corrected chi connectivity index (χ2v) is 9.57. The third-order valence-corrected chi connectivity index (χ3v) is 6.68. The summed E-state index contributed by atoms with van der Waals surface area (Å²) < 4.78 is 35.2.